The van der Waals surface area contributed by atoms with Gasteiger partial charge in [0.15, 0.2) is 0 Å². The molecule has 0 spiro atoms. The van der Waals surface area contributed by atoms with Gasteiger partial charge in [-0.25, -0.2) is 8.78 Å². The molecule has 1 aromatic rings. The van der Waals surface area contributed by atoms with Gasteiger partial charge < -0.3 is 10.2 Å². The fraction of sp³-hybridized carbons (Fsp3) is 0.611. The monoisotopic (exact) mass is 322 g/mol. The van der Waals surface area contributed by atoms with Crippen LogP contribution in [0.15, 0.2) is 18.2 Å². The van der Waals surface area contributed by atoms with Gasteiger partial charge in [-0.05, 0) is 50.4 Å². The number of hydrogen-bond donors (Lipinski definition) is 1. The Kier molecular flexibility index (Phi) is 4.95. The zero-order valence-electron chi connectivity index (χ0n) is 13.5. The Balaban J connectivity index is 1.55. The van der Waals surface area contributed by atoms with Crippen LogP contribution in [-0.4, -0.2) is 37.0 Å². The van der Waals surface area contributed by atoms with E-state index in [1.165, 1.54) is 18.2 Å². The minimum Gasteiger partial charge on any atom is -0.342 e. The zero-order valence-corrected chi connectivity index (χ0v) is 13.5. The number of nitrogens with one attached hydrogen (secondary N) is 1. The van der Waals surface area contributed by atoms with Crippen LogP contribution in [-0.2, 0) is 4.79 Å². The predicted molar refractivity (Wildman–Crippen MR) is 85.1 cm³/mol. The van der Waals surface area contributed by atoms with Gasteiger partial charge in [-0.1, -0.05) is 13.0 Å². The maximum Gasteiger partial charge on any atom is 0.226 e. The van der Waals surface area contributed by atoms with Crippen LogP contribution in [0.2, 0.25) is 0 Å². The molecule has 2 fully saturated rings. The number of halogens is 2. The molecule has 126 valence electrons. The highest BCUT2D eigenvalue weighted by atomic mass is 19.1. The van der Waals surface area contributed by atoms with E-state index in [0.717, 1.165) is 39.0 Å². The third-order valence-electron chi connectivity index (χ3n) is 5.09. The number of carbonyl (C=O) groups is 1. The van der Waals surface area contributed by atoms with Crippen molar-refractivity contribution in [3.63, 3.8) is 0 Å². The second-order valence-corrected chi connectivity index (χ2v) is 6.66. The fourth-order valence-corrected chi connectivity index (χ4v) is 3.59. The van der Waals surface area contributed by atoms with Crippen LogP contribution >= 0.6 is 0 Å². The Morgan fingerprint density at radius 2 is 1.91 bits per heavy atom. The molecular formula is C18H24F2N2O. The van der Waals surface area contributed by atoms with Crippen LogP contribution in [0.1, 0.15) is 37.7 Å². The third kappa shape index (κ3) is 3.55. The Hall–Kier alpha value is -1.49. The summed E-state index contributed by atoms with van der Waals surface area (Å²) < 4.78 is 27.6. The summed E-state index contributed by atoms with van der Waals surface area (Å²) in [5.74, 6) is -0.906. The molecule has 1 heterocycles. The highest BCUT2D eigenvalue weighted by molar-refractivity contribution is 5.83. The van der Waals surface area contributed by atoms with Crippen molar-refractivity contribution in [3.05, 3.63) is 35.4 Å². The maximum atomic E-state index is 13.8. The Bertz CT molecular complexity index is 550. The van der Waals surface area contributed by atoms with Crippen molar-refractivity contribution in [2.75, 3.05) is 26.2 Å². The molecule has 3 rings (SSSR count). The van der Waals surface area contributed by atoms with Crippen molar-refractivity contribution in [1.82, 2.24) is 10.2 Å². The van der Waals surface area contributed by atoms with Gasteiger partial charge in [0, 0.05) is 30.5 Å². The molecule has 2 aliphatic rings. The summed E-state index contributed by atoms with van der Waals surface area (Å²) in [7, 11) is 0. The maximum absolute atomic E-state index is 13.8. The highest BCUT2D eigenvalue weighted by Gasteiger charge is 2.48. The van der Waals surface area contributed by atoms with Crippen LogP contribution in [0.4, 0.5) is 8.78 Å². The predicted octanol–water partition coefficient (Wildman–Crippen LogP) is 2.92. The number of likely N-dealkylation sites (tertiary alicyclic amines) is 1. The highest BCUT2D eigenvalue weighted by Crippen LogP contribution is 2.50. The molecule has 5 heteroatoms. The molecule has 23 heavy (non-hydrogen) atoms. The van der Waals surface area contributed by atoms with E-state index in [9.17, 15) is 13.6 Å². The van der Waals surface area contributed by atoms with Gasteiger partial charge in [-0.3, -0.25) is 4.79 Å². The Labute approximate surface area is 136 Å². The first-order chi connectivity index (χ1) is 11.1. The molecule has 0 aromatic heterocycles. The summed E-state index contributed by atoms with van der Waals surface area (Å²) >= 11 is 0. The van der Waals surface area contributed by atoms with E-state index in [4.69, 9.17) is 0 Å². The molecule has 1 aromatic carbocycles. The summed E-state index contributed by atoms with van der Waals surface area (Å²) in [5.41, 5.74) is 0.0906. The number of hydrogen-bond acceptors (Lipinski definition) is 2. The first-order valence-corrected chi connectivity index (χ1v) is 8.55. The first-order valence-electron chi connectivity index (χ1n) is 8.55. The summed E-state index contributed by atoms with van der Waals surface area (Å²) in [5, 5.41) is 3.35. The van der Waals surface area contributed by atoms with Crippen LogP contribution < -0.4 is 5.32 Å². The van der Waals surface area contributed by atoms with Crippen molar-refractivity contribution in [2.24, 2.45) is 11.8 Å². The third-order valence-corrected chi connectivity index (χ3v) is 5.09. The molecule has 3 nitrogen and oxygen atoms in total. The lowest BCUT2D eigenvalue weighted by Crippen LogP contribution is -2.41. The minimum absolute atomic E-state index is 0.0690. The number of piperidine rings is 1. The lowest BCUT2D eigenvalue weighted by atomic mass is 9.96. The Morgan fingerprint density at radius 1 is 1.26 bits per heavy atom. The van der Waals surface area contributed by atoms with E-state index in [1.54, 1.807) is 0 Å². The van der Waals surface area contributed by atoms with Crippen molar-refractivity contribution in [2.45, 2.75) is 32.1 Å². The summed E-state index contributed by atoms with van der Waals surface area (Å²) in [6, 6.07) is 3.90. The number of rotatable bonds is 5. The van der Waals surface area contributed by atoms with E-state index in [1.807, 2.05) is 4.90 Å². The minimum atomic E-state index is -0.533. The largest absolute Gasteiger partial charge is 0.342 e. The molecule has 1 aliphatic heterocycles. The molecule has 2 unspecified atom stereocenters. The van der Waals surface area contributed by atoms with Gasteiger partial charge >= 0.3 is 0 Å². The molecule has 0 radical (unpaired) electrons. The molecular weight excluding hydrogens is 298 g/mol. The Morgan fingerprint density at radius 3 is 2.52 bits per heavy atom. The summed E-state index contributed by atoms with van der Waals surface area (Å²) in [6.07, 6.45) is 2.57. The summed E-state index contributed by atoms with van der Waals surface area (Å²) in [6.45, 7) is 5.59. The number of carbonyl (C=O) groups excluding carboxylic acids is 1. The molecule has 2 atom stereocenters. The molecule has 1 saturated heterocycles. The van der Waals surface area contributed by atoms with E-state index in [-0.39, 0.29) is 23.3 Å². The SMILES string of the molecule is CCNCC1CCN(C(=O)C2CC2c2c(F)cccc2F)CC1. The van der Waals surface area contributed by atoms with Gasteiger partial charge in [0.05, 0.1) is 0 Å². The average Bonchev–Trinajstić information content (AvgIpc) is 3.33. The quantitative estimate of drug-likeness (QED) is 0.904. The standard InChI is InChI=1S/C18H24F2N2O/c1-2-21-11-12-6-8-22(9-7-12)18(23)14-10-13(14)17-15(19)4-3-5-16(17)20/h3-5,12-14,21H,2,6-11H2,1H3. The van der Waals surface area contributed by atoms with Crippen LogP contribution in [0.3, 0.4) is 0 Å². The molecule has 1 N–H and O–H groups in total. The van der Waals surface area contributed by atoms with Gasteiger partial charge in [0.1, 0.15) is 11.6 Å². The normalized spacial score (nSPS) is 24.7. The molecule has 0 bridgehead atoms. The van der Waals surface area contributed by atoms with Gasteiger partial charge in [0.25, 0.3) is 0 Å². The van der Waals surface area contributed by atoms with Crippen LogP contribution in [0.25, 0.3) is 0 Å². The van der Waals surface area contributed by atoms with Crippen molar-refractivity contribution < 1.29 is 13.6 Å². The van der Waals surface area contributed by atoms with E-state index < -0.39 is 11.6 Å². The smallest absolute Gasteiger partial charge is 0.226 e. The van der Waals surface area contributed by atoms with Gasteiger partial charge in [-0.15, -0.1) is 0 Å². The first kappa shape index (κ1) is 16.4. The van der Waals surface area contributed by atoms with Gasteiger partial charge in [0.2, 0.25) is 5.91 Å². The summed E-state index contributed by atoms with van der Waals surface area (Å²) in [4.78, 5) is 14.4. The van der Waals surface area contributed by atoms with Gasteiger partial charge in [-0.2, -0.15) is 0 Å². The van der Waals surface area contributed by atoms with E-state index >= 15 is 0 Å². The topological polar surface area (TPSA) is 32.3 Å². The lowest BCUT2D eigenvalue weighted by molar-refractivity contribution is -0.134. The van der Waals surface area contributed by atoms with E-state index in [2.05, 4.69) is 12.2 Å². The number of benzene rings is 1. The van der Waals surface area contributed by atoms with Crippen LogP contribution in [0.5, 0.6) is 0 Å². The number of nitrogens with zero attached hydrogens (tertiary/aromatic N) is 1. The van der Waals surface area contributed by atoms with Crippen molar-refractivity contribution in [1.29, 1.82) is 0 Å². The second kappa shape index (κ2) is 6.95. The molecule has 1 aliphatic carbocycles. The van der Waals surface area contributed by atoms with Crippen molar-refractivity contribution >= 4 is 5.91 Å². The average molecular weight is 322 g/mol. The van der Waals surface area contributed by atoms with Crippen molar-refractivity contribution in [3.8, 4) is 0 Å². The van der Waals surface area contributed by atoms with E-state index in [0.29, 0.717) is 12.3 Å². The lowest BCUT2D eigenvalue weighted by Gasteiger charge is -2.32. The number of amides is 1. The second-order valence-electron chi connectivity index (χ2n) is 6.66. The molecule has 1 saturated carbocycles. The fourth-order valence-electron chi connectivity index (χ4n) is 3.59. The molecule has 1 amide bonds. The van der Waals surface area contributed by atoms with Crippen LogP contribution in [0, 0.1) is 23.5 Å². The zero-order chi connectivity index (χ0) is 16.4.